The third-order valence-corrected chi connectivity index (χ3v) is 3.29. The SMILES string of the molecule is CC(Cl)C(=O)Nc1nnc(Cc2ccccc2)s1. The molecule has 2 aromatic rings. The van der Waals surface area contributed by atoms with Crippen molar-refractivity contribution in [2.75, 3.05) is 5.32 Å². The number of rotatable bonds is 4. The van der Waals surface area contributed by atoms with Crippen LogP contribution in [0.2, 0.25) is 0 Å². The quantitative estimate of drug-likeness (QED) is 0.877. The molecule has 0 saturated heterocycles. The fourth-order valence-corrected chi connectivity index (χ4v) is 2.18. The first-order chi connectivity index (χ1) is 8.65. The minimum absolute atomic E-state index is 0.265. The van der Waals surface area contributed by atoms with E-state index in [0.717, 1.165) is 10.6 Å². The van der Waals surface area contributed by atoms with Crippen LogP contribution in [0.15, 0.2) is 30.3 Å². The van der Waals surface area contributed by atoms with E-state index < -0.39 is 5.38 Å². The highest BCUT2D eigenvalue weighted by Gasteiger charge is 2.12. The molecule has 0 spiro atoms. The van der Waals surface area contributed by atoms with Crippen LogP contribution in [0.4, 0.5) is 5.13 Å². The van der Waals surface area contributed by atoms with Gasteiger partial charge in [0.15, 0.2) is 0 Å². The van der Waals surface area contributed by atoms with Gasteiger partial charge in [-0.3, -0.25) is 10.1 Å². The number of carbonyl (C=O) groups excluding carboxylic acids is 1. The predicted octanol–water partition coefficient (Wildman–Crippen LogP) is 2.69. The maximum absolute atomic E-state index is 11.4. The van der Waals surface area contributed by atoms with Gasteiger partial charge in [0.25, 0.3) is 0 Å². The van der Waals surface area contributed by atoms with Crippen molar-refractivity contribution >= 4 is 34.0 Å². The number of benzene rings is 1. The summed E-state index contributed by atoms with van der Waals surface area (Å²) in [6.07, 6.45) is 0.713. The Balaban J connectivity index is 2.00. The summed E-state index contributed by atoms with van der Waals surface area (Å²) < 4.78 is 0. The van der Waals surface area contributed by atoms with E-state index >= 15 is 0 Å². The first-order valence-electron chi connectivity index (χ1n) is 5.46. The fourth-order valence-electron chi connectivity index (χ4n) is 1.35. The van der Waals surface area contributed by atoms with Gasteiger partial charge in [0.2, 0.25) is 11.0 Å². The molecule has 2 rings (SSSR count). The first kappa shape index (κ1) is 13.0. The zero-order valence-corrected chi connectivity index (χ0v) is 11.3. The summed E-state index contributed by atoms with van der Waals surface area (Å²) in [5, 5.41) is 11.3. The molecule has 94 valence electrons. The monoisotopic (exact) mass is 281 g/mol. The number of anilines is 1. The zero-order valence-electron chi connectivity index (χ0n) is 9.76. The number of amides is 1. The van der Waals surface area contributed by atoms with Gasteiger partial charge < -0.3 is 0 Å². The van der Waals surface area contributed by atoms with Crippen molar-refractivity contribution in [3.8, 4) is 0 Å². The summed E-state index contributed by atoms with van der Waals surface area (Å²) in [6.45, 7) is 1.61. The summed E-state index contributed by atoms with van der Waals surface area (Å²) in [5.41, 5.74) is 1.16. The molecule has 0 fully saturated rings. The molecule has 1 aromatic carbocycles. The minimum Gasteiger partial charge on any atom is -0.299 e. The average Bonchev–Trinajstić information content (AvgIpc) is 2.77. The number of aromatic nitrogens is 2. The molecular weight excluding hydrogens is 270 g/mol. The van der Waals surface area contributed by atoms with Gasteiger partial charge in [-0.05, 0) is 12.5 Å². The number of halogens is 1. The van der Waals surface area contributed by atoms with Crippen molar-refractivity contribution in [1.82, 2.24) is 10.2 Å². The van der Waals surface area contributed by atoms with Crippen LogP contribution in [0.5, 0.6) is 0 Å². The van der Waals surface area contributed by atoms with Gasteiger partial charge in [0, 0.05) is 6.42 Å². The van der Waals surface area contributed by atoms with Crippen molar-refractivity contribution < 1.29 is 4.79 Å². The van der Waals surface area contributed by atoms with Crippen molar-refractivity contribution in [3.05, 3.63) is 40.9 Å². The minimum atomic E-state index is -0.577. The number of alkyl halides is 1. The van der Waals surface area contributed by atoms with Crippen LogP contribution in [-0.2, 0) is 11.2 Å². The Morgan fingerprint density at radius 2 is 2.11 bits per heavy atom. The highest BCUT2D eigenvalue weighted by molar-refractivity contribution is 7.15. The Hall–Kier alpha value is -1.46. The molecular formula is C12H12ClN3OS. The Labute approximate surface area is 114 Å². The lowest BCUT2D eigenvalue weighted by molar-refractivity contribution is -0.115. The van der Waals surface area contributed by atoms with E-state index in [9.17, 15) is 4.79 Å². The summed E-state index contributed by atoms with van der Waals surface area (Å²) in [4.78, 5) is 11.4. The van der Waals surface area contributed by atoms with Gasteiger partial charge in [0.1, 0.15) is 10.4 Å². The third kappa shape index (κ3) is 3.51. The summed E-state index contributed by atoms with van der Waals surface area (Å²) >= 11 is 7.02. The van der Waals surface area contributed by atoms with Crippen LogP contribution in [0, 0.1) is 0 Å². The number of nitrogens with one attached hydrogen (secondary N) is 1. The molecule has 1 aromatic heterocycles. The molecule has 1 amide bonds. The van der Waals surface area contributed by atoms with Crippen LogP contribution < -0.4 is 5.32 Å². The molecule has 6 heteroatoms. The second-order valence-electron chi connectivity index (χ2n) is 3.77. The summed E-state index contributed by atoms with van der Waals surface area (Å²) in [5.74, 6) is -0.265. The fraction of sp³-hybridized carbons (Fsp3) is 0.250. The lowest BCUT2D eigenvalue weighted by Crippen LogP contribution is -2.20. The molecule has 0 bridgehead atoms. The number of carbonyl (C=O) groups is 1. The van der Waals surface area contributed by atoms with Crippen LogP contribution in [-0.4, -0.2) is 21.5 Å². The molecule has 18 heavy (non-hydrogen) atoms. The summed E-state index contributed by atoms with van der Waals surface area (Å²) in [6, 6.07) is 9.99. The van der Waals surface area contributed by atoms with E-state index in [-0.39, 0.29) is 5.91 Å². The largest absolute Gasteiger partial charge is 0.299 e. The van der Waals surface area contributed by atoms with Gasteiger partial charge in [-0.15, -0.1) is 21.8 Å². The number of hydrogen-bond acceptors (Lipinski definition) is 4. The van der Waals surface area contributed by atoms with Gasteiger partial charge in [-0.1, -0.05) is 41.7 Å². The Kier molecular flexibility index (Phi) is 4.28. The zero-order chi connectivity index (χ0) is 13.0. The van der Waals surface area contributed by atoms with E-state index in [1.807, 2.05) is 30.3 Å². The highest BCUT2D eigenvalue weighted by Crippen LogP contribution is 2.18. The smallest absolute Gasteiger partial charge is 0.243 e. The van der Waals surface area contributed by atoms with Crippen molar-refractivity contribution in [3.63, 3.8) is 0 Å². The van der Waals surface area contributed by atoms with Gasteiger partial charge in [-0.25, -0.2) is 0 Å². The Bertz CT molecular complexity index is 527. The average molecular weight is 282 g/mol. The molecule has 4 nitrogen and oxygen atoms in total. The predicted molar refractivity (Wildman–Crippen MR) is 73.1 cm³/mol. The Morgan fingerprint density at radius 1 is 1.39 bits per heavy atom. The second-order valence-corrected chi connectivity index (χ2v) is 5.49. The van der Waals surface area contributed by atoms with Crippen LogP contribution >= 0.6 is 22.9 Å². The van der Waals surface area contributed by atoms with E-state index in [4.69, 9.17) is 11.6 Å². The van der Waals surface area contributed by atoms with E-state index in [0.29, 0.717) is 11.6 Å². The topological polar surface area (TPSA) is 54.9 Å². The Morgan fingerprint density at radius 3 is 2.78 bits per heavy atom. The standard InChI is InChI=1S/C12H12ClN3OS/c1-8(13)11(17)14-12-16-15-10(18-12)7-9-5-3-2-4-6-9/h2-6,8H,7H2,1H3,(H,14,16,17). The first-order valence-corrected chi connectivity index (χ1v) is 6.71. The molecule has 0 radical (unpaired) electrons. The molecule has 0 aliphatic heterocycles. The summed E-state index contributed by atoms with van der Waals surface area (Å²) in [7, 11) is 0. The van der Waals surface area contributed by atoms with Crippen molar-refractivity contribution in [2.45, 2.75) is 18.7 Å². The number of nitrogens with zero attached hydrogens (tertiary/aromatic N) is 2. The van der Waals surface area contributed by atoms with Crippen molar-refractivity contribution in [1.29, 1.82) is 0 Å². The highest BCUT2D eigenvalue weighted by atomic mass is 35.5. The van der Waals surface area contributed by atoms with E-state index in [2.05, 4.69) is 15.5 Å². The van der Waals surface area contributed by atoms with Gasteiger partial charge in [0.05, 0.1) is 0 Å². The molecule has 1 atom stereocenters. The normalized spacial score (nSPS) is 12.1. The van der Waals surface area contributed by atoms with E-state index in [1.165, 1.54) is 11.3 Å². The molecule has 0 saturated carbocycles. The lowest BCUT2D eigenvalue weighted by atomic mass is 10.2. The van der Waals surface area contributed by atoms with Gasteiger partial charge in [-0.2, -0.15) is 0 Å². The maximum atomic E-state index is 11.4. The maximum Gasteiger partial charge on any atom is 0.243 e. The molecule has 1 unspecified atom stereocenters. The van der Waals surface area contributed by atoms with Crippen LogP contribution in [0.25, 0.3) is 0 Å². The lowest BCUT2D eigenvalue weighted by Gasteiger charge is -2.00. The molecule has 0 aliphatic carbocycles. The molecule has 0 aliphatic rings. The number of hydrogen-bond donors (Lipinski definition) is 1. The van der Waals surface area contributed by atoms with Crippen LogP contribution in [0.3, 0.4) is 0 Å². The second kappa shape index (κ2) is 5.93. The van der Waals surface area contributed by atoms with E-state index in [1.54, 1.807) is 6.92 Å². The van der Waals surface area contributed by atoms with Crippen molar-refractivity contribution in [2.24, 2.45) is 0 Å². The molecule has 1 heterocycles. The van der Waals surface area contributed by atoms with Crippen LogP contribution in [0.1, 0.15) is 17.5 Å². The third-order valence-electron chi connectivity index (χ3n) is 2.26. The van der Waals surface area contributed by atoms with Gasteiger partial charge >= 0.3 is 0 Å². The molecule has 1 N–H and O–H groups in total.